The maximum absolute atomic E-state index is 11.5. The van der Waals surface area contributed by atoms with E-state index in [9.17, 15) is 4.79 Å². The summed E-state index contributed by atoms with van der Waals surface area (Å²) >= 11 is 0. The molecule has 0 bridgehead atoms. The maximum Gasteiger partial charge on any atom is 0.231 e. The summed E-state index contributed by atoms with van der Waals surface area (Å²) in [6.45, 7) is 6.32. The Kier molecular flexibility index (Phi) is 4.58. The second-order valence-corrected chi connectivity index (χ2v) is 6.79. The largest absolute Gasteiger partial charge is 0.454 e. The van der Waals surface area contributed by atoms with Gasteiger partial charge >= 0.3 is 0 Å². The van der Waals surface area contributed by atoms with E-state index in [4.69, 9.17) is 9.47 Å². The molecule has 0 saturated carbocycles. The fourth-order valence-corrected chi connectivity index (χ4v) is 3.92. The molecule has 3 aliphatic heterocycles. The number of hydrogen-bond donors (Lipinski definition) is 1. The fourth-order valence-electron chi connectivity index (χ4n) is 3.92. The summed E-state index contributed by atoms with van der Waals surface area (Å²) in [6.07, 6.45) is 2.73. The van der Waals surface area contributed by atoms with Crippen LogP contribution in [-0.2, 0) is 11.3 Å². The first-order valence-electron chi connectivity index (χ1n) is 8.90. The highest BCUT2D eigenvalue weighted by atomic mass is 16.7. The molecule has 0 aliphatic carbocycles. The molecule has 0 radical (unpaired) electrons. The van der Waals surface area contributed by atoms with Crippen LogP contribution in [-0.4, -0.2) is 61.3 Å². The first kappa shape index (κ1) is 15.7. The monoisotopic (exact) mass is 331 g/mol. The van der Waals surface area contributed by atoms with E-state index in [1.165, 1.54) is 5.56 Å². The smallest absolute Gasteiger partial charge is 0.231 e. The molecule has 3 aliphatic rings. The zero-order valence-corrected chi connectivity index (χ0v) is 14.0. The van der Waals surface area contributed by atoms with Crippen molar-refractivity contribution in [2.75, 3.05) is 39.5 Å². The molecule has 2 fully saturated rings. The van der Waals surface area contributed by atoms with Gasteiger partial charge < -0.3 is 14.8 Å². The number of rotatable bonds is 3. The van der Waals surface area contributed by atoms with E-state index in [0.29, 0.717) is 19.3 Å². The van der Waals surface area contributed by atoms with Gasteiger partial charge in [0.15, 0.2) is 11.5 Å². The van der Waals surface area contributed by atoms with Gasteiger partial charge in [0, 0.05) is 57.3 Å². The van der Waals surface area contributed by atoms with E-state index < -0.39 is 0 Å². The van der Waals surface area contributed by atoms with E-state index in [-0.39, 0.29) is 5.91 Å². The van der Waals surface area contributed by atoms with Crippen molar-refractivity contribution in [2.24, 2.45) is 0 Å². The summed E-state index contributed by atoms with van der Waals surface area (Å²) in [5, 5.41) is 2.98. The van der Waals surface area contributed by atoms with Crippen molar-refractivity contribution < 1.29 is 14.3 Å². The molecule has 130 valence electrons. The molecular formula is C18H25N3O3. The summed E-state index contributed by atoms with van der Waals surface area (Å²) in [5.74, 6) is 1.98. The van der Waals surface area contributed by atoms with Crippen LogP contribution in [0.1, 0.15) is 24.8 Å². The average Bonchev–Trinajstić information content (AvgIpc) is 2.98. The van der Waals surface area contributed by atoms with E-state index in [1.807, 2.05) is 12.1 Å². The molecule has 6 heteroatoms. The second kappa shape index (κ2) is 6.99. The van der Waals surface area contributed by atoms with Gasteiger partial charge in [-0.05, 0) is 18.9 Å². The maximum atomic E-state index is 11.5. The minimum Gasteiger partial charge on any atom is -0.454 e. The number of nitrogens with one attached hydrogen (secondary N) is 1. The molecule has 1 aromatic rings. The Labute approximate surface area is 142 Å². The third-order valence-electron chi connectivity index (χ3n) is 5.30. The molecule has 1 amide bonds. The Morgan fingerprint density at radius 1 is 1.12 bits per heavy atom. The van der Waals surface area contributed by atoms with Gasteiger partial charge in [0.1, 0.15) is 0 Å². The minimum absolute atomic E-state index is 0.205. The van der Waals surface area contributed by atoms with Crippen LogP contribution in [0.2, 0.25) is 0 Å². The SMILES string of the molecule is O=C1CCC(N2CCN(Cc3cccc4c3OCO4)CC2)CCN1. The van der Waals surface area contributed by atoms with E-state index in [0.717, 1.165) is 63.6 Å². The Morgan fingerprint density at radius 3 is 2.88 bits per heavy atom. The van der Waals surface area contributed by atoms with Gasteiger partial charge in [-0.15, -0.1) is 0 Å². The van der Waals surface area contributed by atoms with Gasteiger partial charge in [0.25, 0.3) is 0 Å². The predicted molar refractivity (Wildman–Crippen MR) is 90.1 cm³/mol. The number of para-hydroxylation sites is 1. The summed E-state index contributed by atoms with van der Waals surface area (Å²) in [4.78, 5) is 16.5. The lowest BCUT2D eigenvalue weighted by molar-refractivity contribution is -0.120. The topological polar surface area (TPSA) is 54.0 Å². The number of piperazine rings is 1. The van der Waals surface area contributed by atoms with Gasteiger partial charge in [-0.1, -0.05) is 12.1 Å². The molecule has 3 heterocycles. The second-order valence-electron chi connectivity index (χ2n) is 6.79. The first-order chi connectivity index (χ1) is 11.8. The molecule has 1 unspecified atom stereocenters. The Morgan fingerprint density at radius 2 is 2.00 bits per heavy atom. The molecule has 2 saturated heterocycles. The highest BCUT2D eigenvalue weighted by Gasteiger charge is 2.27. The van der Waals surface area contributed by atoms with Gasteiger partial charge in [-0.25, -0.2) is 0 Å². The Balaban J connectivity index is 1.32. The number of amides is 1. The van der Waals surface area contributed by atoms with Crippen LogP contribution in [0.25, 0.3) is 0 Å². The summed E-state index contributed by atoms with van der Waals surface area (Å²) in [7, 11) is 0. The van der Waals surface area contributed by atoms with E-state index >= 15 is 0 Å². The number of hydrogen-bond acceptors (Lipinski definition) is 5. The number of benzene rings is 1. The first-order valence-corrected chi connectivity index (χ1v) is 8.90. The van der Waals surface area contributed by atoms with Crippen LogP contribution in [0.4, 0.5) is 0 Å². The van der Waals surface area contributed by atoms with Crippen molar-refractivity contribution in [2.45, 2.75) is 31.8 Å². The quantitative estimate of drug-likeness (QED) is 0.902. The lowest BCUT2D eigenvalue weighted by Gasteiger charge is -2.39. The third-order valence-corrected chi connectivity index (χ3v) is 5.30. The van der Waals surface area contributed by atoms with Crippen molar-refractivity contribution in [1.82, 2.24) is 15.1 Å². The zero-order valence-electron chi connectivity index (χ0n) is 14.0. The molecule has 4 rings (SSSR count). The van der Waals surface area contributed by atoms with Crippen LogP contribution in [0.3, 0.4) is 0 Å². The molecule has 1 aromatic carbocycles. The van der Waals surface area contributed by atoms with Gasteiger partial charge in [0.05, 0.1) is 0 Å². The van der Waals surface area contributed by atoms with Gasteiger partial charge in [0.2, 0.25) is 12.7 Å². The number of ether oxygens (including phenoxy) is 2. The van der Waals surface area contributed by atoms with Crippen molar-refractivity contribution in [3.63, 3.8) is 0 Å². The van der Waals surface area contributed by atoms with Gasteiger partial charge in [-0.2, -0.15) is 0 Å². The highest BCUT2D eigenvalue weighted by molar-refractivity contribution is 5.76. The van der Waals surface area contributed by atoms with Gasteiger partial charge in [-0.3, -0.25) is 14.6 Å². The molecule has 0 aromatic heterocycles. The molecule has 1 N–H and O–H groups in total. The van der Waals surface area contributed by atoms with Crippen LogP contribution >= 0.6 is 0 Å². The van der Waals surface area contributed by atoms with Crippen LogP contribution < -0.4 is 14.8 Å². The standard InChI is InChI=1S/C18H25N3O3/c22-17-5-4-15(6-7-19-17)21-10-8-20(9-11-21)12-14-2-1-3-16-18(14)24-13-23-16/h1-3,15H,4-13H2,(H,19,22). The fraction of sp³-hybridized carbons (Fsp3) is 0.611. The minimum atomic E-state index is 0.205. The molecule has 24 heavy (non-hydrogen) atoms. The lowest BCUT2D eigenvalue weighted by atomic mass is 10.1. The third kappa shape index (κ3) is 3.35. The normalized spacial score (nSPS) is 25.3. The summed E-state index contributed by atoms with van der Waals surface area (Å²) in [6, 6.07) is 6.67. The number of carbonyl (C=O) groups excluding carboxylic acids is 1. The zero-order chi connectivity index (χ0) is 16.4. The number of nitrogens with zero attached hydrogens (tertiary/aromatic N) is 2. The van der Waals surface area contributed by atoms with Crippen LogP contribution in [0.5, 0.6) is 11.5 Å². The van der Waals surface area contributed by atoms with E-state index in [2.05, 4.69) is 21.2 Å². The van der Waals surface area contributed by atoms with Crippen molar-refractivity contribution >= 4 is 5.91 Å². The Hall–Kier alpha value is -1.79. The Bertz CT molecular complexity index is 599. The molecule has 6 nitrogen and oxygen atoms in total. The highest BCUT2D eigenvalue weighted by Crippen LogP contribution is 2.36. The van der Waals surface area contributed by atoms with Crippen LogP contribution in [0, 0.1) is 0 Å². The molecule has 0 spiro atoms. The molecule has 1 atom stereocenters. The number of carbonyl (C=O) groups is 1. The lowest BCUT2D eigenvalue weighted by Crippen LogP contribution is -2.50. The van der Waals surface area contributed by atoms with Crippen molar-refractivity contribution in [1.29, 1.82) is 0 Å². The summed E-state index contributed by atoms with van der Waals surface area (Å²) in [5.41, 5.74) is 1.21. The van der Waals surface area contributed by atoms with Crippen molar-refractivity contribution in [3.8, 4) is 11.5 Å². The number of fused-ring (bicyclic) bond motifs is 1. The van der Waals surface area contributed by atoms with Crippen LogP contribution in [0.15, 0.2) is 18.2 Å². The summed E-state index contributed by atoms with van der Waals surface area (Å²) < 4.78 is 11.1. The predicted octanol–water partition coefficient (Wildman–Crippen LogP) is 1.20. The molecular weight excluding hydrogens is 306 g/mol. The van der Waals surface area contributed by atoms with Crippen molar-refractivity contribution in [3.05, 3.63) is 23.8 Å². The average molecular weight is 331 g/mol. The van der Waals surface area contributed by atoms with E-state index in [1.54, 1.807) is 0 Å².